The molecular weight excluding hydrogens is 415 g/mol. The fourth-order valence-corrected chi connectivity index (χ4v) is 3.87. The summed E-state index contributed by atoms with van der Waals surface area (Å²) in [6.45, 7) is 4.57. The Labute approximate surface area is 186 Å². The number of pyridine rings is 1. The van der Waals surface area contributed by atoms with E-state index in [0.29, 0.717) is 11.3 Å². The SMILES string of the molecule is O=C(Nc1ccc(N2CCCN(Cc3ccccc3Cl)CC2)nc1)c1ccc(F)cc1. The van der Waals surface area contributed by atoms with E-state index in [1.807, 2.05) is 30.3 Å². The molecule has 1 aromatic heterocycles. The second-order valence-corrected chi connectivity index (χ2v) is 7.98. The Kier molecular flexibility index (Phi) is 6.79. The van der Waals surface area contributed by atoms with Crippen molar-refractivity contribution in [2.24, 2.45) is 0 Å². The van der Waals surface area contributed by atoms with Crippen LogP contribution in [0.1, 0.15) is 22.3 Å². The molecule has 2 heterocycles. The zero-order valence-corrected chi connectivity index (χ0v) is 17.9. The summed E-state index contributed by atoms with van der Waals surface area (Å²) in [6, 6.07) is 17.2. The molecule has 0 atom stereocenters. The molecule has 5 nitrogen and oxygen atoms in total. The topological polar surface area (TPSA) is 48.5 Å². The molecule has 0 aliphatic carbocycles. The van der Waals surface area contributed by atoms with E-state index in [-0.39, 0.29) is 11.7 Å². The van der Waals surface area contributed by atoms with Gasteiger partial charge in [-0.15, -0.1) is 0 Å². The predicted octanol–water partition coefficient (Wildman–Crippen LogP) is 4.84. The number of rotatable bonds is 5. The van der Waals surface area contributed by atoms with Gasteiger partial charge < -0.3 is 10.2 Å². The van der Waals surface area contributed by atoms with Gasteiger partial charge in [-0.05, 0) is 54.4 Å². The highest BCUT2D eigenvalue weighted by molar-refractivity contribution is 6.31. The monoisotopic (exact) mass is 438 g/mol. The molecule has 1 aliphatic rings. The van der Waals surface area contributed by atoms with Crippen molar-refractivity contribution in [2.75, 3.05) is 36.4 Å². The molecule has 0 unspecified atom stereocenters. The normalized spacial score (nSPS) is 14.8. The Morgan fingerprint density at radius 2 is 1.81 bits per heavy atom. The van der Waals surface area contributed by atoms with Crippen LogP contribution in [-0.4, -0.2) is 42.0 Å². The minimum absolute atomic E-state index is 0.292. The summed E-state index contributed by atoms with van der Waals surface area (Å²) in [4.78, 5) is 21.5. The number of carbonyl (C=O) groups is 1. The third kappa shape index (κ3) is 5.60. The average molecular weight is 439 g/mol. The van der Waals surface area contributed by atoms with Crippen molar-refractivity contribution in [3.8, 4) is 0 Å². The van der Waals surface area contributed by atoms with Crippen LogP contribution in [-0.2, 0) is 6.54 Å². The van der Waals surface area contributed by atoms with Crippen LogP contribution >= 0.6 is 11.6 Å². The van der Waals surface area contributed by atoms with Gasteiger partial charge in [0.25, 0.3) is 5.91 Å². The minimum Gasteiger partial charge on any atom is -0.355 e. The highest BCUT2D eigenvalue weighted by Crippen LogP contribution is 2.20. The number of nitrogens with zero attached hydrogens (tertiary/aromatic N) is 3. The molecule has 1 aliphatic heterocycles. The van der Waals surface area contributed by atoms with E-state index in [4.69, 9.17) is 11.6 Å². The molecule has 160 valence electrons. The third-order valence-corrected chi connectivity index (χ3v) is 5.75. The van der Waals surface area contributed by atoms with Crippen molar-refractivity contribution in [1.82, 2.24) is 9.88 Å². The quantitative estimate of drug-likeness (QED) is 0.619. The maximum Gasteiger partial charge on any atom is 0.255 e. The Morgan fingerprint density at radius 3 is 2.55 bits per heavy atom. The van der Waals surface area contributed by atoms with Gasteiger partial charge >= 0.3 is 0 Å². The molecule has 3 aromatic rings. The molecule has 4 rings (SSSR count). The number of halogens is 2. The van der Waals surface area contributed by atoms with Crippen molar-refractivity contribution in [1.29, 1.82) is 0 Å². The number of hydrogen-bond donors (Lipinski definition) is 1. The molecule has 0 saturated carbocycles. The summed E-state index contributed by atoms with van der Waals surface area (Å²) in [5, 5.41) is 3.61. The highest BCUT2D eigenvalue weighted by atomic mass is 35.5. The lowest BCUT2D eigenvalue weighted by Crippen LogP contribution is -2.31. The highest BCUT2D eigenvalue weighted by Gasteiger charge is 2.17. The number of aromatic nitrogens is 1. The van der Waals surface area contributed by atoms with Crippen LogP contribution in [0.5, 0.6) is 0 Å². The smallest absolute Gasteiger partial charge is 0.255 e. The van der Waals surface area contributed by atoms with Gasteiger partial charge in [-0.1, -0.05) is 29.8 Å². The number of anilines is 2. The first kappa shape index (κ1) is 21.3. The van der Waals surface area contributed by atoms with Crippen LogP contribution < -0.4 is 10.2 Å². The molecule has 31 heavy (non-hydrogen) atoms. The standard InChI is InChI=1S/C24H24ClFN4O/c25-22-5-2-1-4-19(22)17-29-12-3-13-30(15-14-29)23-11-10-21(16-27-23)28-24(31)18-6-8-20(26)9-7-18/h1-2,4-11,16H,3,12-15,17H2,(H,28,31). The van der Waals surface area contributed by atoms with Crippen LogP contribution in [0.25, 0.3) is 0 Å². The van der Waals surface area contributed by atoms with E-state index in [1.165, 1.54) is 24.3 Å². The lowest BCUT2D eigenvalue weighted by atomic mass is 10.2. The van der Waals surface area contributed by atoms with Crippen LogP contribution in [0.3, 0.4) is 0 Å². The summed E-state index contributed by atoms with van der Waals surface area (Å²) in [6.07, 6.45) is 2.69. The summed E-state index contributed by atoms with van der Waals surface area (Å²) < 4.78 is 13.0. The average Bonchev–Trinajstić information content (AvgIpc) is 3.02. The molecular formula is C24H24ClFN4O. The number of hydrogen-bond acceptors (Lipinski definition) is 4. The minimum atomic E-state index is -0.370. The Hall–Kier alpha value is -2.96. The van der Waals surface area contributed by atoms with Gasteiger partial charge in [-0.25, -0.2) is 9.37 Å². The van der Waals surface area contributed by atoms with Crippen molar-refractivity contribution in [2.45, 2.75) is 13.0 Å². The third-order valence-electron chi connectivity index (χ3n) is 5.38. The van der Waals surface area contributed by atoms with Gasteiger partial charge in [-0.3, -0.25) is 9.69 Å². The van der Waals surface area contributed by atoms with Crippen molar-refractivity contribution < 1.29 is 9.18 Å². The van der Waals surface area contributed by atoms with Crippen LogP contribution in [0, 0.1) is 5.82 Å². The zero-order valence-electron chi connectivity index (χ0n) is 17.1. The van der Waals surface area contributed by atoms with E-state index in [1.54, 1.807) is 6.20 Å². The maximum absolute atomic E-state index is 13.0. The molecule has 1 amide bonds. The van der Waals surface area contributed by atoms with E-state index in [9.17, 15) is 9.18 Å². The number of amides is 1. The Morgan fingerprint density at radius 1 is 1.00 bits per heavy atom. The second-order valence-electron chi connectivity index (χ2n) is 7.57. The summed E-state index contributed by atoms with van der Waals surface area (Å²) in [5.41, 5.74) is 2.15. The molecule has 1 saturated heterocycles. The maximum atomic E-state index is 13.0. The lowest BCUT2D eigenvalue weighted by Gasteiger charge is -2.23. The van der Waals surface area contributed by atoms with Gasteiger partial charge in [-0.2, -0.15) is 0 Å². The van der Waals surface area contributed by atoms with Crippen molar-refractivity contribution in [3.05, 3.63) is 88.8 Å². The molecule has 7 heteroatoms. The molecule has 0 bridgehead atoms. The first-order valence-electron chi connectivity index (χ1n) is 10.3. The zero-order chi connectivity index (χ0) is 21.6. The predicted molar refractivity (Wildman–Crippen MR) is 122 cm³/mol. The Bertz CT molecular complexity index is 1030. The van der Waals surface area contributed by atoms with Gasteiger partial charge in [0.05, 0.1) is 11.9 Å². The van der Waals surface area contributed by atoms with Crippen LogP contribution in [0.2, 0.25) is 5.02 Å². The summed E-state index contributed by atoms with van der Waals surface area (Å²) in [5.74, 6) is 0.226. The van der Waals surface area contributed by atoms with E-state index in [2.05, 4.69) is 26.2 Å². The Balaban J connectivity index is 1.34. The fourth-order valence-electron chi connectivity index (χ4n) is 3.68. The van der Waals surface area contributed by atoms with Gasteiger partial charge in [0.1, 0.15) is 11.6 Å². The van der Waals surface area contributed by atoms with Crippen LogP contribution in [0.4, 0.5) is 15.9 Å². The van der Waals surface area contributed by atoms with E-state index in [0.717, 1.165) is 55.5 Å². The first-order chi connectivity index (χ1) is 15.1. The van der Waals surface area contributed by atoms with Crippen molar-refractivity contribution >= 4 is 29.0 Å². The van der Waals surface area contributed by atoms with Crippen molar-refractivity contribution in [3.63, 3.8) is 0 Å². The number of benzene rings is 2. The van der Waals surface area contributed by atoms with Gasteiger partial charge in [0.15, 0.2) is 0 Å². The number of carbonyl (C=O) groups excluding carboxylic acids is 1. The largest absolute Gasteiger partial charge is 0.355 e. The summed E-state index contributed by atoms with van der Waals surface area (Å²) >= 11 is 6.31. The second kappa shape index (κ2) is 9.90. The number of nitrogens with one attached hydrogen (secondary N) is 1. The van der Waals surface area contributed by atoms with E-state index >= 15 is 0 Å². The van der Waals surface area contributed by atoms with Gasteiger partial charge in [0, 0.05) is 43.3 Å². The van der Waals surface area contributed by atoms with Gasteiger partial charge in [0.2, 0.25) is 0 Å². The summed E-state index contributed by atoms with van der Waals surface area (Å²) in [7, 11) is 0. The molecule has 0 spiro atoms. The van der Waals surface area contributed by atoms with Crippen LogP contribution in [0.15, 0.2) is 66.9 Å². The fraction of sp³-hybridized carbons (Fsp3) is 0.250. The molecule has 2 aromatic carbocycles. The lowest BCUT2D eigenvalue weighted by molar-refractivity contribution is 0.102. The molecule has 1 N–H and O–H groups in total. The molecule has 1 fully saturated rings. The molecule has 0 radical (unpaired) electrons. The first-order valence-corrected chi connectivity index (χ1v) is 10.7. The van der Waals surface area contributed by atoms with E-state index < -0.39 is 0 Å².